The lowest BCUT2D eigenvalue weighted by Crippen LogP contribution is -2.24. The molecule has 4 aromatic rings. The second-order valence-electron chi connectivity index (χ2n) is 6.51. The van der Waals surface area contributed by atoms with E-state index in [0.29, 0.717) is 23.6 Å². The van der Waals surface area contributed by atoms with Crippen LogP contribution in [-0.2, 0) is 4.79 Å². The van der Waals surface area contributed by atoms with Crippen molar-refractivity contribution in [1.29, 1.82) is 0 Å². The van der Waals surface area contributed by atoms with Gasteiger partial charge in [0.15, 0.2) is 0 Å². The fraction of sp³-hybridized carbons (Fsp3) is 0.0833. The lowest BCUT2D eigenvalue weighted by atomic mass is 10.0. The molecule has 5 nitrogen and oxygen atoms in total. The van der Waals surface area contributed by atoms with Crippen molar-refractivity contribution < 1.29 is 14.3 Å². The number of para-hydroxylation sites is 1. The topological polar surface area (TPSA) is 59.8 Å². The molecule has 0 saturated carbocycles. The number of ketones is 1. The van der Waals surface area contributed by atoms with Crippen LogP contribution in [0.25, 0.3) is 16.6 Å². The highest BCUT2D eigenvalue weighted by Gasteiger charge is 2.24. The van der Waals surface area contributed by atoms with Crippen LogP contribution in [0.15, 0.2) is 85.1 Å². The fourth-order valence-corrected chi connectivity index (χ4v) is 3.29. The standard InChI is InChI=1S/C24H20N2O3/c1-2-29-20-13-11-17(12-14-20)21-16-19-10-6-7-15-26(19)22(21)23(27)24(28)25-18-8-4-3-5-9-18/h3-16H,2H2,1H3,(H,25,28). The van der Waals surface area contributed by atoms with E-state index >= 15 is 0 Å². The molecule has 2 aromatic carbocycles. The number of pyridine rings is 1. The van der Waals surface area contributed by atoms with E-state index in [-0.39, 0.29) is 0 Å². The molecule has 0 aliphatic heterocycles. The van der Waals surface area contributed by atoms with Gasteiger partial charge in [0.25, 0.3) is 11.7 Å². The van der Waals surface area contributed by atoms with E-state index in [4.69, 9.17) is 4.74 Å². The lowest BCUT2D eigenvalue weighted by Gasteiger charge is -2.08. The molecule has 5 heteroatoms. The van der Waals surface area contributed by atoms with Crippen molar-refractivity contribution in [3.8, 4) is 16.9 Å². The average Bonchev–Trinajstić information content (AvgIpc) is 3.14. The molecule has 0 bridgehead atoms. The van der Waals surface area contributed by atoms with Gasteiger partial charge in [-0.2, -0.15) is 0 Å². The quantitative estimate of drug-likeness (QED) is 0.383. The smallest absolute Gasteiger partial charge is 0.298 e. The van der Waals surface area contributed by atoms with Gasteiger partial charge in [-0.25, -0.2) is 0 Å². The molecular formula is C24H20N2O3. The Bertz CT molecular complexity index is 1160. The second-order valence-corrected chi connectivity index (χ2v) is 6.51. The zero-order valence-corrected chi connectivity index (χ0v) is 16.0. The van der Waals surface area contributed by atoms with Crippen molar-refractivity contribution in [2.45, 2.75) is 6.92 Å². The minimum absolute atomic E-state index is 0.332. The number of amides is 1. The molecule has 1 amide bonds. The highest BCUT2D eigenvalue weighted by atomic mass is 16.5. The maximum Gasteiger partial charge on any atom is 0.298 e. The van der Waals surface area contributed by atoms with Crippen molar-refractivity contribution in [1.82, 2.24) is 4.40 Å². The van der Waals surface area contributed by atoms with Gasteiger partial charge in [0.1, 0.15) is 11.4 Å². The van der Waals surface area contributed by atoms with Gasteiger partial charge >= 0.3 is 0 Å². The zero-order chi connectivity index (χ0) is 20.2. The molecule has 0 aliphatic carbocycles. The Labute approximate surface area is 168 Å². The number of carbonyl (C=O) groups is 2. The summed E-state index contributed by atoms with van der Waals surface area (Å²) in [6.07, 6.45) is 1.79. The number of benzene rings is 2. The number of nitrogens with one attached hydrogen (secondary N) is 1. The summed E-state index contributed by atoms with van der Waals surface area (Å²) in [4.78, 5) is 25.8. The first kappa shape index (κ1) is 18.5. The molecule has 2 heterocycles. The lowest BCUT2D eigenvalue weighted by molar-refractivity contribution is -0.112. The molecule has 2 aromatic heterocycles. The van der Waals surface area contributed by atoms with E-state index in [1.807, 2.05) is 61.5 Å². The molecule has 0 spiro atoms. The minimum atomic E-state index is -0.674. The van der Waals surface area contributed by atoms with Crippen molar-refractivity contribution in [3.05, 3.63) is 90.8 Å². The molecule has 29 heavy (non-hydrogen) atoms. The van der Waals surface area contributed by atoms with E-state index < -0.39 is 11.7 Å². The Hall–Kier alpha value is -3.86. The Balaban J connectivity index is 1.75. The number of carbonyl (C=O) groups excluding carboxylic acids is 2. The molecule has 0 atom stereocenters. The zero-order valence-electron chi connectivity index (χ0n) is 16.0. The number of Topliss-reactive ketones (excluding diaryl/α,β-unsaturated/α-hetero) is 1. The molecule has 1 N–H and O–H groups in total. The summed E-state index contributed by atoms with van der Waals surface area (Å²) in [5.41, 5.74) is 3.29. The number of anilines is 1. The number of rotatable bonds is 6. The van der Waals surface area contributed by atoms with Crippen LogP contribution in [0.2, 0.25) is 0 Å². The first-order valence-electron chi connectivity index (χ1n) is 9.41. The van der Waals surface area contributed by atoms with E-state index in [0.717, 1.165) is 16.8 Å². The van der Waals surface area contributed by atoms with Crippen LogP contribution >= 0.6 is 0 Å². The van der Waals surface area contributed by atoms with E-state index in [1.165, 1.54) is 0 Å². The molecular weight excluding hydrogens is 364 g/mol. The molecule has 4 rings (SSSR count). The summed E-state index contributed by atoms with van der Waals surface area (Å²) in [7, 11) is 0. The summed E-state index contributed by atoms with van der Waals surface area (Å²) in [5, 5.41) is 2.68. The predicted octanol–water partition coefficient (Wildman–Crippen LogP) is 4.83. The van der Waals surface area contributed by atoms with Crippen LogP contribution in [0.4, 0.5) is 5.69 Å². The Kier molecular flexibility index (Phi) is 5.12. The summed E-state index contributed by atoms with van der Waals surface area (Å²) in [6, 6.07) is 24.0. The maximum absolute atomic E-state index is 13.1. The van der Waals surface area contributed by atoms with Gasteiger partial charge in [-0.3, -0.25) is 9.59 Å². The molecule has 0 unspecified atom stereocenters. The first-order chi connectivity index (χ1) is 14.2. The van der Waals surface area contributed by atoms with Gasteiger partial charge in [-0.1, -0.05) is 36.4 Å². The van der Waals surface area contributed by atoms with Gasteiger partial charge in [0.2, 0.25) is 0 Å². The molecule has 0 fully saturated rings. The predicted molar refractivity (Wildman–Crippen MR) is 113 cm³/mol. The summed E-state index contributed by atoms with van der Waals surface area (Å²) >= 11 is 0. The van der Waals surface area contributed by atoms with Gasteiger partial charge in [-0.05, 0) is 55.0 Å². The van der Waals surface area contributed by atoms with E-state index in [2.05, 4.69) is 5.32 Å². The first-order valence-corrected chi connectivity index (χ1v) is 9.41. The van der Waals surface area contributed by atoms with Crippen molar-refractivity contribution in [2.24, 2.45) is 0 Å². The third-order valence-corrected chi connectivity index (χ3v) is 4.61. The molecule has 0 aliphatic rings. The second kappa shape index (κ2) is 8.02. The van der Waals surface area contributed by atoms with E-state index in [9.17, 15) is 9.59 Å². The van der Waals surface area contributed by atoms with Gasteiger partial charge in [0.05, 0.1) is 6.61 Å². The van der Waals surface area contributed by atoms with Crippen LogP contribution < -0.4 is 10.1 Å². The Morgan fingerprint density at radius 1 is 0.931 bits per heavy atom. The molecule has 0 saturated heterocycles. The van der Waals surface area contributed by atoms with Gasteiger partial charge in [-0.15, -0.1) is 0 Å². The number of nitrogens with zero attached hydrogens (tertiary/aromatic N) is 1. The number of aromatic nitrogens is 1. The maximum atomic E-state index is 13.1. The molecule has 0 radical (unpaired) electrons. The summed E-state index contributed by atoms with van der Waals surface area (Å²) in [6.45, 7) is 2.51. The average molecular weight is 384 g/mol. The largest absolute Gasteiger partial charge is 0.494 e. The highest BCUT2D eigenvalue weighted by molar-refractivity contribution is 6.47. The van der Waals surface area contributed by atoms with Crippen molar-refractivity contribution in [2.75, 3.05) is 11.9 Å². The van der Waals surface area contributed by atoms with E-state index in [1.54, 1.807) is 34.9 Å². The van der Waals surface area contributed by atoms with Crippen LogP contribution in [0.3, 0.4) is 0 Å². The number of hydrogen-bond donors (Lipinski definition) is 1. The fourth-order valence-electron chi connectivity index (χ4n) is 3.29. The van der Waals surface area contributed by atoms with Crippen molar-refractivity contribution >= 4 is 22.9 Å². The number of fused-ring (bicyclic) bond motifs is 1. The number of hydrogen-bond acceptors (Lipinski definition) is 3. The van der Waals surface area contributed by atoms with Crippen LogP contribution in [0.1, 0.15) is 17.4 Å². The van der Waals surface area contributed by atoms with Gasteiger partial charge < -0.3 is 14.5 Å². The normalized spacial score (nSPS) is 10.7. The molecule has 144 valence electrons. The van der Waals surface area contributed by atoms with Crippen LogP contribution in [0.5, 0.6) is 5.75 Å². The SMILES string of the molecule is CCOc1ccc(-c2cc3ccccn3c2C(=O)C(=O)Nc2ccccc2)cc1. The summed E-state index contributed by atoms with van der Waals surface area (Å²) < 4.78 is 7.25. The van der Waals surface area contributed by atoms with Crippen molar-refractivity contribution in [3.63, 3.8) is 0 Å². The number of ether oxygens (including phenoxy) is 1. The van der Waals surface area contributed by atoms with Crippen LogP contribution in [-0.4, -0.2) is 22.7 Å². The summed E-state index contributed by atoms with van der Waals surface area (Å²) in [5.74, 6) is -0.508. The Morgan fingerprint density at radius 3 is 2.38 bits per heavy atom. The highest BCUT2D eigenvalue weighted by Crippen LogP contribution is 2.30. The van der Waals surface area contributed by atoms with Crippen LogP contribution in [0, 0.1) is 0 Å². The Morgan fingerprint density at radius 2 is 1.66 bits per heavy atom. The third kappa shape index (κ3) is 3.75. The monoisotopic (exact) mass is 384 g/mol. The van der Waals surface area contributed by atoms with Gasteiger partial charge in [0, 0.05) is 23.0 Å². The third-order valence-electron chi connectivity index (χ3n) is 4.61. The minimum Gasteiger partial charge on any atom is -0.494 e.